The van der Waals surface area contributed by atoms with E-state index in [0.29, 0.717) is 5.41 Å². The van der Waals surface area contributed by atoms with E-state index >= 15 is 0 Å². The summed E-state index contributed by atoms with van der Waals surface area (Å²) in [5, 5.41) is 0. The van der Waals surface area contributed by atoms with Crippen LogP contribution >= 0.6 is 0 Å². The molecule has 0 bridgehead atoms. The zero-order valence-corrected chi connectivity index (χ0v) is 13.1. The average Bonchev–Trinajstić information content (AvgIpc) is 2.39. The molecule has 106 valence electrons. The van der Waals surface area contributed by atoms with E-state index in [0.717, 1.165) is 5.92 Å². The number of benzene rings is 1. The van der Waals surface area contributed by atoms with Gasteiger partial charge in [-0.3, -0.25) is 0 Å². The molecular formula is C18H29N. The van der Waals surface area contributed by atoms with Gasteiger partial charge in [-0.05, 0) is 69.6 Å². The molecule has 0 unspecified atom stereocenters. The van der Waals surface area contributed by atoms with Crippen LogP contribution < -0.4 is 0 Å². The van der Waals surface area contributed by atoms with Gasteiger partial charge in [0.2, 0.25) is 0 Å². The third kappa shape index (κ3) is 4.07. The third-order valence-electron chi connectivity index (χ3n) is 4.85. The lowest BCUT2D eigenvalue weighted by Crippen LogP contribution is -2.31. The molecule has 1 nitrogen and oxygen atoms in total. The van der Waals surface area contributed by atoms with Gasteiger partial charge < -0.3 is 4.90 Å². The Balaban J connectivity index is 1.88. The van der Waals surface area contributed by atoms with Crippen molar-refractivity contribution in [3.63, 3.8) is 0 Å². The molecule has 1 heterocycles. The number of hydrogen-bond acceptors (Lipinski definition) is 1. The molecule has 1 aliphatic heterocycles. The van der Waals surface area contributed by atoms with E-state index in [-0.39, 0.29) is 0 Å². The lowest BCUT2D eigenvalue weighted by molar-refractivity contribution is 0.203. The first-order valence-electron chi connectivity index (χ1n) is 7.73. The van der Waals surface area contributed by atoms with E-state index in [9.17, 15) is 0 Å². The first-order valence-corrected chi connectivity index (χ1v) is 7.73. The topological polar surface area (TPSA) is 3.24 Å². The van der Waals surface area contributed by atoms with Gasteiger partial charge in [0.25, 0.3) is 0 Å². The molecule has 1 saturated heterocycles. The number of nitrogens with zero attached hydrogens (tertiary/aromatic N) is 1. The van der Waals surface area contributed by atoms with Crippen molar-refractivity contribution in [1.29, 1.82) is 0 Å². The summed E-state index contributed by atoms with van der Waals surface area (Å²) in [6.07, 6.45) is 5.47. The summed E-state index contributed by atoms with van der Waals surface area (Å²) in [5.74, 6) is 0.945. The SMILES string of the molecule is Cc1ccc(C(C)(C)CCC2CCN(C)CC2)cc1. The number of hydrogen-bond donors (Lipinski definition) is 0. The van der Waals surface area contributed by atoms with Crippen LogP contribution in [-0.2, 0) is 5.41 Å². The predicted molar refractivity (Wildman–Crippen MR) is 83.7 cm³/mol. The highest BCUT2D eigenvalue weighted by atomic mass is 15.1. The van der Waals surface area contributed by atoms with Crippen molar-refractivity contribution in [3.05, 3.63) is 35.4 Å². The first kappa shape index (κ1) is 14.6. The summed E-state index contributed by atoms with van der Waals surface area (Å²) < 4.78 is 0. The zero-order valence-electron chi connectivity index (χ0n) is 13.1. The molecule has 0 radical (unpaired) electrons. The van der Waals surface area contributed by atoms with Crippen molar-refractivity contribution < 1.29 is 0 Å². The summed E-state index contributed by atoms with van der Waals surface area (Å²) in [5.41, 5.74) is 3.16. The molecule has 0 atom stereocenters. The molecule has 0 spiro atoms. The Morgan fingerprint density at radius 2 is 1.68 bits per heavy atom. The van der Waals surface area contributed by atoms with Gasteiger partial charge in [-0.15, -0.1) is 0 Å². The molecule has 0 aromatic heterocycles. The van der Waals surface area contributed by atoms with E-state index in [1.165, 1.54) is 49.9 Å². The first-order chi connectivity index (χ1) is 8.97. The van der Waals surface area contributed by atoms with Gasteiger partial charge in [-0.25, -0.2) is 0 Å². The molecular weight excluding hydrogens is 230 g/mol. The molecule has 1 aromatic rings. The maximum absolute atomic E-state index is 2.46. The van der Waals surface area contributed by atoms with Crippen LogP contribution in [0.15, 0.2) is 24.3 Å². The third-order valence-corrected chi connectivity index (χ3v) is 4.85. The summed E-state index contributed by atoms with van der Waals surface area (Å²) in [4.78, 5) is 2.46. The Bertz CT molecular complexity index is 383. The second kappa shape index (κ2) is 6.09. The molecule has 1 fully saturated rings. The van der Waals surface area contributed by atoms with Crippen LogP contribution in [0, 0.1) is 12.8 Å². The van der Waals surface area contributed by atoms with Crippen molar-refractivity contribution in [1.82, 2.24) is 4.90 Å². The van der Waals surface area contributed by atoms with Crippen LogP contribution in [0.25, 0.3) is 0 Å². The maximum atomic E-state index is 2.46. The van der Waals surface area contributed by atoms with Crippen LogP contribution in [0.2, 0.25) is 0 Å². The standard InChI is InChI=1S/C18H29N/c1-15-5-7-17(8-6-15)18(2,3)12-9-16-10-13-19(4)14-11-16/h5-8,16H,9-14H2,1-4H3. The Morgan fingerprint density at radius 3 is 2.26 bits per heavy atom. The van der Waals surface area contributed by atoms with Crippen LogP contribution in [-0.4, -0.2) is 25.0 Å². The van der Waals surface area contributed by atoms with Crippen LogP contribution in [0.5, 0.6) is 0 Å². The minimum Gasteiger partial charge on any atom is -0.306 e. The summed E-state index contributed by atoms with van der Waals surface area (Å²) in [6.45, 7) is 9.53. The average molecular weight is 259 g/mol. The molecule has 1 aliphatic rings. The minimum atomic E-state index is 0.317. The fraction of sp³-hybridized carbons (Fsp3) is 0.667. The molecule has 19 heavy (non-hydrogen) atoms. The van der Waals surface area contributed by atoms with E-state index < -0.39 is 0 Å². The van der Waals surface area contributed by atoms with E-state index in [1.54, 1.807) is 0 Å². The van der Waals surface area contributed by atoms with Crippen molar-refractivity contribution >= 4 is 0 Å². The Labute approximate surface area is 119 Å². The number of aryl methyl sites for hydroxylation is 1. The summed E-state index contributed by atoms with van der Waals surface area (Å²) >= 11 is 0. The molecule has 0 aliphatic carbocycles. The van der Waals surface area contributed by atoms with E-state index in [1.807, 2.05) is 0 Å². The van der Waals surface area contributed by atoms with Crippen LogP contribution in [0.1, 0.15) is 50.7 Å². The summed E-state index contributed by atoms with van der Waals surface area (Å²) in [6, 6.07) is 9.10. The van der Waals surface area contributed by atoms with Crippen molar-refractivity contribution in [2.45, 2.75) is 51.9 Å². The quantitative estimate of drug-likeness (QED) is 0.775. The highest BCUT2D eigenvalue weighted by Crippen LogP contribution is 2.32. The van der Waals surface area contributed by atoms with Crippen molar-refractivity contribution in [2.24, 2.45) is 5.92 Å². The second-order valence-corrected chi connectivity index (χ2v) is 7.04. The lowest BCUT2D eigenvalue weighted by Gasteiger charge is -2.32. The highest BCUT2D eigenvalue weighted by molar-refractivity contribution is 5.27. The molecule has 2 rings (SSSR count). The van der Waals surface area contributed by atoms with Gasteiger partial charge in [-0.2, -0.15) is 0 Å². The zero-order chi connectivity index (χ0) is 13.9. The molecule has 0 N–H and O–H groups in total. The van der Waals surface area contributed by atoms with Crippen molar-refractivity contribution in [2.75, 3.05) is 20.1 Å². The Kier molecular flexibility index (Phi) is 4.67. The lowest BCUT2D eigenvalue weighted by atomic mass is 9.77. The van der Waals surface area contributed by atoms with Gasteiger partial charge in [0, 0.05) is 0 Å². The molecule has 0 amide bonds. The number of rotatable bonds is 4. The normalized spacial score (nSPS) is 18.7. The fourth-order valence-corrected chi connectivity index (χ4v) is 3.06. The number of likely N-dealkylation sites (tertiary alicyclic amines) is 1. The maximum Gasteiger partial charge on any atom is -0.00191 e. The van der Waals surface area contributed by atoms with Crippen molar-refractivity contribution in [3.8, 4) is 0 Å². The van der Waals surface area contributed by atoms with Gasteiger partial charge in [0.05, 0.1) is 0 Å². The van der Waals surface area contributed by atoms with E-state index in [4.69, 9.17) is 0 Å². The number of piperidine rings is 1. The van der Waals surface area contributed by atoms with E-state index in [2.05, 4.69) is 57.0 Å². The second-order valence-electron chi connectivity index (χ2n) is 7.04. The molecule has 1 heteroatoms. The van der Waals surface area contributed by atoms with Gasteiger partial charge in [0.15, 0.2) is 0 Å². The smallest absolute Gasteiger partial charge is 0.00191 e. The minimum absolute atomic E-state index is 0.317. The molecule has 0 saturated carbocycles. The van der Waals surface area contributed by atoms with Crippen LogP contribution in [0.4, 0.5) is 0 Å². The van der Waals surface area contributed by atoms with Crippen LogP contribution in [0.3, 0.4) is 0 Å². The largest absolute Gasteiger partial charge is 0.306 e. The van der Waals surface area contributed by atoms with Gasteiger partial charge in [-0.1, -0.05) is 43.7 Å². The van der Waals surface area contributed by atoms with Gasteiger partial charge >= 0.3 is 0 Å². The van der Waals surface area contributed by atoms with Gasteiger partial charge in [0.1, 0.15) is 0 Å². The predicted octanol–water partition coefficient (Wildman–Crippen LogP) is 4.39. The fourth-order valence-electron chi connectivity index (χ4n) is 3.06. The highest BCUT2D eigenvalue weighted by Gasteiger charge is 2.23. The summed E-state index contributed by atoms with van der Waals surface area (Å²) in [7, 11) is 2.24. The molecule has 1 aromatic carbocycles. The Hall–Kier alpha value is -0.820. The Morgan fingerprint density at radius 1 is 1.11 bits per heavy atom. The monoisotopic (exact) mass is 259 g/mol.